The van der Waals surface area contributed by atoms with E-state index in [-0.39, 0.29) is 18.0 Å². The fraction of sp³-hybridized carbons (Fsp3) is 0.775. The van der Waals surface area contributed by atoms with Gasteiger partial charge in [0.15, 0.2) is 6.29 Å². The number of rotatable bonds is 12. The highest BCUT2D eigenvalue weighted by Gasteiger charge is 2.59. The minimum Gasteiger partial charge on any atom is -0.436 e. The Bertz CT molecular complexity index is 1240. The van der Waals surface area contributed by atoms with Crippen LogP contribution in [0.4, 0.5) is 0 Å². The third-order valence-corrected chi connectivity index (χ3v) is 15.9. The number of halogens is 3. The molecule has 5 unspecified atom stereocenters. The van der Waals surface area contributed by atoms with Gasteiger partial charge in [-0.3, -0.25) is 4.79 Å². The second-order valence-electron chi connectivity index (χ2n) is 16.5. The molecule has 0 amide bonds. The maximum Gasteiger partial charge on any atom is 0.311 e. The number of hydrogen-bond acceptors (Lipinski definition) is 3. The molecule has 10 atom stereocenters. The lowest BCUT2D eigenvalue weighted by Crippen LogP contribution is -2.51. The highest BCUT2D eigenvalue weighted by atomic mass is 127. The van der Waals surface area contributed by atoms with Crippen LogP contribution < -0.4 is 0 Å². The van der Waals surface area contributed by atoms with Crippen LogP contribution in [0.1, 0.15) is 131 Å². The topological polar surface area (TPSA) is 35.5 Å². The summed E-state index contributed by atoms with van der Waals surface area (Å²) in [6, 6.07) is 4.38. The molecular weight excluding hydrogens is 909 g/mol. The summed E-state index contributed by atoms with van der Waals surface area (Å²) in [5, 5.41) is 0. The van der Waals surface area contributed by atoms with Gasteiger partial charge in [0.05, 0.1) is 12.0 Å². The second kappa shape index (κ2) is 15.9. The maximum absolute atomic E-state index is 13.3. The highest BCUT2D eigenvalue weighted by molar-refractivity contribution is 14.1. The number of esters is 1. The Morgan fingerprint density at radius 3 is 2.35 bits per heavy atom. The lowest BCUT2D eigenvalue weighted by atomic mass is 9.47. The zero-order chi connectivity index (χ0) is 33.4. The predicted molar refractivity (Wildman–Crippen MR) is 216 cm³/mol. The summed E-state index contributed by atoms with van der Waals surface area (Å²) in [6.45, 7) is 16.6. The summed E-state index contributed by atoms with van der Waals surface area (Å²) in [6.07, 6.45) is 18.2. The number of carbonyl (C=O) groups excluding carboxylic acids is 1. The van der Waals surface area contributed by atoms with E-state index in [4.69, 9.17) is 9.47 Å². The van der Waals surface area contributed by atoms with E-state index in [9.17, 15) is 4.79 Å². The van der Waals surface area contributed by atoms with Crippen LogP contribution in [0.15, 0.2) is 23.8 Å². The van der Waals surface area contributed by atoms with Crippen molar-refractivity contribution < 1.29 is 14.3 Å². The first-order valence-electron chi connectivity index (χ1n) is 18.5. The average molecular weight is 969 g/mol. The van der Waals surface area contributed by atoms with Crippen molar-refractivity contribution in [2.75, 3.05) is 0 Å². The van der Waals surface area contributed by atoms with E-state index in [1.807, 2.05) is 6.92 Å². The minimum atomic E-state index is -0.518. The van der Waals surface area contributed by atoms with Gasteiger partial charge >= 0.3 is 5.97 Å². The molecule has 0 N–H and O–H groups in total. The number of allylic oxidation sites excluding steroid dienone is 1. The van der Waals surface area contributed by atoms with Crippen LogP contribution in [0.2, 0.25) is 0 Å². The van der Waals surface area contributed by atoms with E-state index in [2.05, 4.69) is 128 Å². The Morgan fingerprint density at radius 2 is 1.67 bits per heavy atom. The molecule has 4 aliphatic carbocycles. The molecular formula is C40H59I3O3. The highest BCUT2D eigenvalue weighted by Crippen LogP contribution is 2.67. The van der Waals surface area contributed by atoms with Crippen LogP contribution in [-0.4, -0.2) is 18.4 Å². The van der Waals surface area contributed by atoms with Gasteiger partial charge in [0.1, 0.15) is 0 Å². The van der Waals surface area contributed by atoms with E-state index in [0.717, 1.165) is 54.8 Å². The van der Waals surface area contributed by atoms with E-state index in [0.29, 0.717) is 17.3 Å². The van der Waals surface area contributed by atoms with Crippen LogP contribution in [-0.2, 0) is 20.7 Å². The monoisotopic (exact) mass is 968 g/mol. The quantitative estimate of drug-likeness (QED) is 0.0906. The summed E-state index contributed by atoms with van der Waals surface area (Å²) in [4.78, 5) is 13.3. The molecule has 5 rings (SSSR count). The lowest BCUT2D eigenvalue weighted by molar-refractivity contribution is -0.192. The van der Waals surface area contributed by atoms with Crippen LogP contribution in [0.3, 0.4) is 0 Å². The number of fused-ring (bicyclic) bond motifs is 5. The van der Waals surface area contributed by atoms with Gasteiger partial charge in [-0.1, -0.05) is 72.5 Å². The van der Waals surface area contributed by atoms with Gasteiger partial charge in [-0.15, -0.1) is 0 Å². The summed E-state index contributed by atoms with van der Waals surface area (Å²) >= 11 is 7.16. The van der Waals surface area contributed by atoms with Crippen molar-refractivity contribution in [2.45, 2.75) is 144 Å². The summed E-state index contributed by atoms with van der Waals surface area (Å²) in [5.74, 6) is 4.87. The molecule has 0 spiro atoms. The Morgan fingerprint density at radius 1 is 0.957 bits per heavy atom. The molecule has 3 fully saturated rings. The molecule has 0 aliphatic heterocycles. The molecule has 4 aliphatic rings. The third-order valence-electron chi connectivity index (χ3n) is 13.3. The van der Waals surface area contributed by atoms with Gasteiger partial charge < -0.3 is 9.47 Å². The van der Waals surface area contributed by atoms with Gasteiger partial charge in [0, 0.05) is 10.7 Å². The minimum absolute atomic E-state index is 0.130. The Hall–Kier alpha value is 0.580. The van der Waals surface area contributed by atoms with Crippen LogP contribution in [0, 0.1) is 63.0 Å². The Balaban J connectivity index is 1.17. The first kappa shape index (κ1) is 37.8. The molecule has 3 nitrogen and oxygen atoms in total. The van der Waals surface area contributed by atoms with Gasteiger partial charge in [-0.05, 0) is 203 Å². The molecule has 258 valence electrons. The van der Waals surface area contributed by atoms with Crippen LogP contribution >= 0.6 is 67.8 Å². The molecule has 1 aromatic carbocycles. The molecule has 1 aromatic rings. The first-order chi connectivity index (χ1) is 21.8. The smallest absolute Gasteiger partial charge is 0.311 e. The molecule has 0 bridgehead atoms. The average Bonchev–Trinajstić information content (AvgIpc) is 3.34. The SMILES string of the molecule is CCC(Cc1c(I)cc(I)cc1I)C(=O)OC(C)O[C@H]1CC[C@@]2(C)C(=CCC3C2CC[C@@]2(C)C3CC[C@@H]2[C@H](C)CCCC(C)C)C1. The van der Waals surface area contributed by atoms with Crippen molar-refractivity contribution in [3.63, 3.8) is 0 Å². The Kier molecular flexibility index (Phi) is 13.0. The molecule has 46 heavy (non-hydrogen) atoms. The van der Waals surface area contributed by atoms with E-state index in [1.165, 1.54) is 74.1 Å². The molecule has 0 heterocycles. The van der Waals surface area contributed by atoms with Crippen molar-refractivity contribution in [3.05, 3.63) is 40.1 Å². The number of hydrogen-bond donors (Lipinski definition) is 0. The fourth-order valence-electron chi connectivity index (χ4n) is 10.7. The molecule has 0 aromatic heterocycles. The van der Waals surface area contributed by atoms with Crippen molar-refractivity contribution in [2.24, 2.45) is 52.3 Å². The van der Waals surface area contributed by atoms with Crippen LogP contribution in [0.5, 0.6) is 0 Å². The second-order valence-corrected chi connectivity index (χ2v) is 20.0. The molecule has 0 saturated heterocycles. The largest absolute Gasteiger partial charge is 0.436 e. The van der Waals surface area contributed by atoms with Crippen molar-refractivity contribution in [1.82, 2.24) is 0 Å². The predicted octanol–water partition coefficient (Wildman–Crippen LogP) is 12.4. The molecule has 3 saturated carbocycles. The van der Waals surface area contributed by atoms with Gasteiger partial charge in [0.25, 0.3) is 0 Å². The van der Waals surface area contributed by atoms with Gasteiger partial charge in [-0.25, -0.2) is 0 Å². The molecule has 0 radical (unpaired) electrons. The number of ether oxygens (including phenoxy) is 2. The fourth-order valence-corrected chi connectivity index (χ4v) is 14.8. The zero-order valence-electron chi connectivity index (χ0n) is 29.5. The van der Waals surface area contributed by atoms with Crippen molar-refractivity contribution in [3.8, 4) is 0 Å². The van der Waals surface area contributed by atoms with Crippen molar-refractivity contribution in [1.29, 1.82) is 0 Å². The standard InChI is InChI=1S/C40H59I3O3/c1-8-27(20-32-36(42)22-29(41)23-37(32)43)38(44)46-26(5)45-30-16-18-39(6)28(21-30)12-13-31-34-15-14-33(25(4)11-9-10-24(2)3)40(34,7)19-17-35(31)39/h12,22-27,30-31,33-35H,8-11,13-21H2,1-7H3/t25-,26?,27?,30+,31?,33-,34?,35?,39+,40-/m1/s1. The summed E-state index contributed by atoms with van der Waals surface area (Å²) in [5.41, 5.74) is 3.73. The first-order valence-corrected chi connectivity index (χ1v) is 21.7. The number of benzene rings is 1. The van der Waals surface area contributed by atoms with E-state index < -0.39 is 6.29 Å². The Labute approximate surface area is 321 Å². The van der Waals surface area contributed by atoms with Crippen LogP contribution in [0.25, 0.3) is 0 Å². The lowest BCUT2D eigenvalue weighted by Gasteiger charge is -2.58. The van der Waals surface area contributed by atoms with Gasteiger partial charge in [-0.2, -0.15) is 0 Å². The zero-order valence-corrected chi connectivity index (χ0v) is 36.0. The summed E-state index contributed by atoms with van der Waals surface area (Å²) in [7, 11) is 0. The summed E-state index contributed by atoms with van der Waals surface area (Å²) < 4.78 is 16.1. The van der Waals surface area contributed by atoms with E-state index >= 15 is 0 Å². The van der Waals surface area contributed by atoms with Gasteiger partial charge in [0.2, 0.25) is 0 Å². The van der Waals surface area contributed by atoms with E-state index in [1.54, 1.807) is 5.57 Å². The third kappa shape index (κ3) is 8.05. The number of carbonyl (C=O) groups is 1. The normalized spacial score (nSPS) is 34.2. The van der Waals surface area contributed by atoms with Crippen molar-refractivity contribution >= 4 is 73.7 Å². The molecule has 6 heteroatoms. The maximum atomic E-state index is 13.3.